The minimum atomic E-state index is 0.0588. The second-order valence-corrected chi connectivity index (χ2v) is 5.80. The quantitative estimate of drug-likeness (QED) is 0.532. The molecule has 2 atom stereocenters. The Labute approximate surface area is 130 Å². The summed E-state index contributed by atoms with van der Waals surface area (Å²) in [5.74, 6) is 0. The zero-order chi connectivity index (χ0) is 14.9. The van der Waals surface area contributed by atoms with Crippen molar-refractivity contribution in [2.75, 3.05) is 0 Å². The lowest BCUT2D eigenvalue weighted by Crippen LogP contribution is -2.24. The molecule has 21 heavy (non-hydrogen) atoms. The first-order valence-electron chi connectivity index (χ1n) is 7.31. The van der Waals surface area contributed by atoms with Gasteiger partial charge in [-0.2, -0.15) is 5.48 Å². The molecule has 2 rings (SSSR count). The predicted molar refractivity (Wildman–Crippen MR) is 88.0 cm³/mol. The summed E-state index contributed by atoms with van der Waals surface area (Å²) in [5, 5.41) is 3.01. The second-order valence-electron chi connectivity index (χ2n) is 4.87. The van der Waals surface area contributed by atoms with E-state index in [0.29, 0.717) is 0 Å². The summed E-state index contributed by atoms with van der Waals surface area (Å²) in [4.78, 5) is 10.3. The zero-order valence-electron chi connectivity index (χ0n) is 12.4. The lowest BCUT2D eigenvalue weighted by atomic mass is 10.1. The van der Waals surface area contributed by atoms with Crippen molar-refractivity contribution in [2.24, 2.45) is 0 Å². The van der Waals surface area contributed by atoms with Gasteiger partial charge in [-0.25, -0.2) is 4.98 Å². The van der Waals surface area contributed by atoms with Crippen LogP contribution in [0.4, 0.5) is 0 Å². The first kappa shape index (κ1) is 15.9. The van der Waals surface area contributed by atoms with Gasteiger partial charge >= 0.3 is 0 Å². The van der Waals surface area contributed by atoms with Crippen LogP contribution in [-0.4, -0.2) is 4.98 Å². The van der Waals surface area contributed by atoms with E-state index in [0.717, 1.165) is 24.3 Å². The number of hydroxylamine groups is 1. The van der Waals surface area contributed by atoms with Gasteiger partial charge in [0.15, 0.2) is 0 Å². The van der Waals surface area contributed by atoms with Gasteiger partial charge in [0, 0.05) is 11.6 Å². The van der Waals surface area contributed by atoms with Crippen molar-refractivity contribution in [1.29, 1.82) is 0 Å². The third kappa shape index (κ3) is 4.77. The van der Waals surface area contributed by atoms with Gasteiger partial charge in [-0.1, -0.05) is 49.8 Å². The van der Waals surface area contributed by atoms with Crippen LogP contribution >= 0.6 is 11.3 Å². The highest BCUT2D eigenvalue weighted by molar-refractivity contribution is 7.09. The highest BCUT2D eigenvalue weighted by atomic mass is 32.1. The Morgan fingerprint density at radius 2 is 2.19 bits per heavy atom. The van der Waals surface area contributed by atoms with Crippen molar-refractivity contribution < 1.29 is 4.84 Å². The van der Waals surface area contributed by atoms with Crippen LogP contribution in [0, 0.1) is 0 Å². The summed E-state index contributed by atoms with van der Waals surface area (Å²) in [6, 6.07) is 10.4. The number of nitrogens with one attached hydrogen (secondary N) is 1. The maximum Gasteiger partial charge on any atom is 0.112 e. The molecule has 1 heterocycles. The minimum absolute atomic E-state index is 0.0588. The average Bonchev–Trinajstić information content (AvgIpc) is 3.05. The van der Waals surface area contributed by atoms with Crippen LogP contribution in [0.5, 0.6) is 0 Å². The smallest absolute Gasteiger partial charge is 0.112 e. The van der Waals surface area contributed by atoms with Gasteiger partial charge in [-0.3, -0.25) is 4.84 Å². The molecule has 1 aromatic heterocycles. The van der Waals surface area contributed by atoms with Gasteiger partial charge in [0.05, 0.1) is 6.04 Å². The molecule has 112 valence electrons. The number of hydrogen-bond acceptors (Lipinski definition) is 4. The zero-order valence-corrected chi connectivity index (χ0v) is 13.2. The maximum absolute atomic E-state index is 5.98. The molecule has 0 spiro atoms. The van der Waals surface area contributed by atoms with E-state index in [4.69, 9.17) is 4.84 Å². The fourth-order valence-corrected chi connectivity index (χ4v) is 2.85. The Morgan fingerprint density at radius 1 is 1.38 bits per heavy atom. The molecular weight excluding hydrogens is 280 g/mol. The topological polar surface area (TPSA) is 34.1 Å². The van der Waals surface area contributed by atoms with Crippen LogP contribution in [0.25, 0.3) is 0 Å². The molecule has 0 amide bonds. The number of aromatic nitrogens is 1. The van der Waals surface area contributed by atoms with Crippen LogP contribution in [0.3, 0.4) is 0 Å². The van der Waals surface area contributed by atoms with E-state index in [1.807, 2.05) is 35.9 Å². The van der Waals surface area contributed by atoms with E-state index in [1.54, 1.807) is 11.3 Å². The van der Waals surface area contributed by atoms with Crippen LogP contribution in [0.15, 0.2) is 54.6 Å². The Hall–Kier alpha value is -1.49. The molecule has 0 saturated heterocycles. The largest absolute Gasteiger partial charge is 0.293 e. The van der Waals surface area contributed by atoms with Gasteiger partial charge in [0.25, 0.3) is 0 Å². The van der Waals surface area contributed by atoms with Crippen molar-refractivity contribution in [3.8, 4) is 0 Å². The molecule has 0 aliphatic carbocycles. The SMILES string of the molecule is C=CCC(NO[C@@H](CCC)c1ccccc1)c1nccs1. The molecule has 0 bridgehead atoms. The lowest BCUT2D eigenvalue weighted by Gasteiger charge is -2.21. The molecular formula is C17H22N2OS. The summed E-state index contributed by atoms with van der Waals surface area (Å²) >= 11 is 1.63. The Bertz CT molecular complexity index is 513. The minimum Gasteiger partial charge on any atom is -0.293 e. The average molecular weight is 302 g/mol. The molecule has 2 aromatic rings. The molecule has 0 radical (unpaired) electrons. The molecule has 0 aliphatic heterocycles. The standard InChI is InChI=1S/C17H22N2OS/c1-3-8-15(17-18-12-13-21-17)19-20-16(9-4-2)14-10-6-5-7-11-14/h3,5-7,10-13,15-16,19H,1,4,8-9H2,2H3/t15?,16-/m0/s1. The Kier molecular flexibility index (Phi) is 6.60. The molecule has 1 aromatic carbocycles. The lowest BCUT2D eigenvalue weighted by molar-refractivity contribution is -0.0503. The Morgan fingerprint density at radius 3 is 2.81 bits per heavy atom. The summed E-state index contributed by atoms with van der Waals surface area (Å²) in [6.07, 6.45) is 6.61. The summed E-state index contributed by atoms with van der Waals surface area (Å²) in [6.45, 7) is 5.98. The monoisotopic (exact) mass is 302 g/mol. The molecule has 1 unspecified atom stereocenters. The molecule has 0 fully saturated rings. The van der Waals surface area contributed by atoms with Crippen LogP contribution in [0.1, 0.15) is 48.9 Å². The van der Waals surface area contributed by atoms with Crippen molar-refractivity contribution in [3.63, 3.8) is 0 Å². The predicted octanol–water partition coefficient (Wildman–Crippen LogP) is 4.82. The van der Waals surface area contributed by atoms with Gasteiger partial charge in [-0.15, -0.1) is 17.9 Å². The van der Waals surface area contributed by atoms with Gasteiger partial charge in [0.2, 0.25) is 0 Å². The van der Waals surface area contributed by atoms with Crippen molar-refractivity contribution >= 4 is 11.3 Å². The van der Waals surface area contributed by atoms with E-state index in [2.05, 4.69) is 36.1 Å². The van der Waals surface area contributed by atoms with Gasteiger partial charge in [-0.05, 0) is 18.4 Å². The number of thiazole rings is 1. The number of benzene rings is 1. The van der Waals surface area contributed by atoms with Crippen molar-refractivity contribution in [3.05, 3.63) is 65.1 Å². The fourth-order valence-electron chi connectivity index (χ4n) is 2.16. The molecule has 4 heteroatoms. The van der Waals surface area contributed by atoms with E-state index < -0.39 is 0 Å². The van der Waals surface area contributed by atoms with E-state index in [9.17, 15) is 0 Å². The Balaban J connectivity index is 2.01. The summed E-state index contributed by atoms with van der Waals surface area (Å²) < 4.78 is 0. The van der Waals surface area contributed by atoms with Crippen LogP contribution < -0.4 is 5.48 Å². The van der Waals surface area contributed by atoms with Crippen LogP contribution in [-0.2, 0) is 4.84 Å². The molecule has 0 saturated carbocycles. The number of hydrogen-bond donors (Lipinski definition) is 1. The first-order valence-corrected chi connectivity index (χ1v) is 8.19. The third-order valence-electron chi connectivity index (χ3n) is 3.23. The van der Waals surface area contributed by atoms with E-state index in [-0.39, 0.29) is 12.1 Å². The molecule has 1 N–H and O–H groups in total. The highest BCUT2D eigenvalue weighted by Crippen LogP contribution is 2.25. The summed E-state index contributed by atoms with van der Waals surface area (Å²) in [5.41, 5.74) is 4.38. The summed E-state index contributed by atoms with van der Waals surface area (Å²) in [7, 11) is 0. The fraction of sp³-hybridized carbons (Fsp3) is 0.353. The van der Waals surface area contributed by atoms with Crippen molar-refractivity contribution in [2.45, 2.75) is 38.3 Å². The normalized spacial score (nSPS) is 13.8. The molecule has 0 aliphatic rings. The number of rotatable bonds is 9. The maximum atomic E-state index is 5.98. The van der Waals surface area contributed by atoms with Gasteiger partial charge in [0.1, 0.15) is 11.1 Å². The second kappa shape index (κ2) is 8.72. The number of nitrogens with zero attached hydrogens (tertiary/aromatic N) is 1. The first-order chi connectivity index (χ1) is 10.3. The van der Waals surface area contributed by atoms with Crippen LogP contribution in [0.2, 0.25) is 0 Å². The van der Waals surface area contributed by atoms with E-state index in [1.165, 1.54) is 5.56 Å². The third-order valence-corrected chi connectivity index (χ3v) is 4.12. The molecule has 3 nitrogen and oxygen atoms in total. The highest BCUT2D eigenvalue weighted by Gasteiger charge is 2.17. The van der Waals surface area contributed by atoms with Gasteiger partial charge < -0.3 is 0 Å². The van der Waals surface area contributed by atoms with E-state index >= 15 is 0 Å². The van der Waals surface area contributed by atoms with Crippen molar-refractivity contribution in [1.82, 2.24) is 10.5 Å².